The number of hydrogen-bond acceptors (Lipinski definition) is 3. The fourth-order valence-electron chi connectivity index (χ4n) is 13.1. The van der Waals surface area contributed by atoms with Crippen LogP contribution in [-0.2, 0) is 27.1 Å². The molecular weight excluding hydrogens is 957 g/mol. The Balaban J connectivity index is 1.19. The maximum atomic E-state index is 7.55. The van der Waals surface area contributed by atoms with E-state index in [-0.39, 0.29) is 21.7 Å². The average molecular weight is 1030 g/mol. The number of rotatable bonds is 6. The Bertz CT molecular complexity index is 4090. The molecule has 3 nitrogen and oxygen atoms in total. The molecule has 0 saturated heterocycles. The molecule has 2 aliphatic carbocycles. The fourth-order valence-corrected chi connectivity index (χ4v) is 13.1. The lowest BCUT2D eigenvalue weighted by atomic mass is 9.70. The average Bonchev–Trinajstić information content (AvgIpc) is 3.18. The van der Waals surface area contributed by atoms with Crippen molar-refractivity contribution in [1.29, 1.82) is 0 Å². The number of aryl methyl sites for hydroxylation is 1. The standard InChI is InChI=1S/C76H72N2O/c1-47-26-43-57-56-20-16-18-24-61(56)76(62(57)44-47)63-45-65(77(52-35-27-48(28-36-52)72(2,3)4)53-37-29-49(30-38-53)73(5,6)7)58-21-14-15-22-59(58)68(63)70-64(76)46-66(69-60-23-17-19-25-67(60)79-71(69)70)78(54-39-31-50(32-40-54)74(8,9)10)55-41-33-51(34-42-55)75(11,12)13/h14-46H,1-13H3. The highest BCUT2D eigenvalue weighted by molar-refractivity contribution is 6.23. The monoisotopic (exact) mass is 1030 g/mol. The lowest BCUT2D eigenvalue weighted by molar-refractivity contribution is 0.590. The van der Waals surface area contributed by atoms with Crippen LogP contribution in [0, 0.1) is 6.92 Å². The summed E-state index contributed by atoms with van der Waals surface area (Å²) in [5.41, 5.74) is 24.0. The van der Waals surface area contributed by atoms with Crippen LogP contribution in [0.15, 0.2) is 205 Å². The molecule has 1 heterocycles. The van der Waals surface area contributed by atoms with Crippen molar-refractivity contribution in [3.8, 4) is 22.3 Å². The van der Waals surface area contributed by atoms with Gasteiger partial charge in [-0.2, -0.15) is 0 Å². The number of anilines is 6. The normalized spacial score (nSPS) is 14.9. The first-order valence-electron chi connectivity index (χ1n) is 28.4. The van der Waals surface area contributed by atoms with Crippen molar-refractivity contribution in [2.24, 2.45) is 0 Å². The minimum Gasteiger partial charge on any atom is -0.455 e. The molecule has 0 saturated carbocycles. The van der Waals surface area contributed by atoms with Gasteiger partial charge in [0.2, 0.25) is 0 Å². The summed E-state index contributed by atoms with van der Waals surface area (Å²) in [6, 6.07) is 76.5. The van der Waals surface area contributed by atoms with Gasteiger partial charge in [0.25, 0.3) is 0 Å². The third-order valence-electron chi connectivity index (χ3n) is 17.4. The predicted octanol–water partition coefficient (Wildman–Crippen LogP) is 21.5. The molecule has 1 aromatic heterocycles. The molecule has 0 fully saturated rings. The van der Waals surface area contributed by atoms with Crippen molar-refractivity contribution in [3.05, 3.63) is 250 Å². The second-order valence-electron chi connectivity index (χ2n) is 26.7. The van der Waals surface area contributed by atoms with Gasteiger partial charge < -0.3 is 14.2 Å². The summed E-state index contributed by atoms with van der Waals surface area (Å²) < 4.78 is 7.55. The van der Waals surface area contributed by atoms with Gasteiger partial charge in [-0.15, -0.1) is 0 Å². The Labute approximate surface area is 468 Å². The van der Waals surface area contributed by atoms with Crippen LogP contribution >= 0.6 is 0 Å². The molecule has 10 aromatic carbocycles. The third kappa shape index (κ3) is 7.90. The van der Waals surface area contributed by atoms with Crippen LogP contribution in [0.1, 0.15) is 133 Å². The number of benzene rings is 10. The first-order chi connectivity index (χ1) is 37.6. The van der Waals surface area contributed by atoms with Crippen molar-refractivity contribution >= 4 is 66.8 Å². The lowest BCUT2D eigenvalue weighted by Crippen LogP contribution is -2.27. The molecule has 2 aliphatic rings. The molecule has 0 amide bonds. The molecule has 0 bridgehead atoms. The van der Waals surface area contributed by atoms with Crippen molar-refractivity contribution < 1.29 is 4.42 Å². The van der Waals surface area contributed by atoms with E-state index in [0.717, 1.165) is 61.6 Å². The molecule has 0 radical (unpaired) electrons. The second-order valence-corrected chi connectivity index (χ2v) is 26.7. The number of fused-ring (bicyclic) bond motifs is 16. The van der Waals surface area contributed by atoms with Crippen LogP contribution in [0.3, 0.4) is 0 Å². The number of hydrogen-bond donors (Lipinski definition) is 0. The van der Waals surface area contributed by atoms with E-state index in [2.05, 4.69) is 300 Å². The van der Waals surface area contributed by atoms with Gasteiger partial charge in [-0.25, -0.2) is 0 Å². The summed E-state index contributed by atoms with van der Waals surface area (Å²) in [6.07, 6.45) is 0. The van der Waals surface area contributed by atoms with Crippen molar-refractivity contribution in [2.45, 2.75) is 117 Å². The molecule has 3 heteroatoms. The molecule has 392 valence electrons. The first-order valence-corrected chi connectivity index (χ1v) is 28.4. The summed E-state index contributed by atoms with van der Waals surface area (Å²) in [6.45, 7) is 29.8. The lowest BCUT2D eigenvalue weighted by Gasteiger charge is -2.34. The number of furan rings is 1. The van der Waals surface area contributed by atoms with E-state index in [1.54, 1.807) is 0 Å². The van der Waals surface area contributed by atoms with Crippen molar-refractivity contribution in [1.82, 2.24) is 0 Å². The Hall–Kier alpha value is -8.14. The Morgan fingerprint density at radius 3 is 1.25 bits per heavy atom. The van der Waals surface area contributed by atoms with Crippen molar-refractivity contribution in [2.75, 3.05) is 9.80 Å². The predicted molar refractivity (Wildman–Crippen MR) is 336 cm³/mol. The number of nitrogens with zero attached hydrogens (tertiary/aromatic N) is 2. The topological polar surface area (TPSA) is 19.6 Å². The Morgan fingerprint density at radius 1 is 0.342 bits per heavy atom. The number of para-hydroxylation sites is 1. The fraction of sp³-hybridized carbons (Fsp3) is 0.237. The largest absolute Gasteiger partial charge is 0.455 e. The van der Waals surface area contributed by atoms with Crippen LogP contribution in [0.4, 0.5) is 34.1 Å². The summed E-state index contributed by atoms with van der Waals surface area (Å²) in [7, 11) is 0. The SMILES string of the molecule is Cc1ccc2c(c1)C1(c3ccccc3-2)c2cc(N(c3ccc(C(C)(C)C)cc3)c3ccc(C(C)(C)C)cc3)c3ccccc3c2-c2c1cc(N(c1ccc(C(C)(C)C)cc1)c1ccc(C(C)(C)C)cc1)c1c2oc2ccccc21. The van der Waals surface area contributed by atoms with Gasteiger partial charge in [0, 0.05) is 39.1 Å². The van der Waals surface area contributed by atoms with Crippen molar-refractivity contribution in [3.63, 3.8) is 0 Å². The van der Waals surface area contributed by atoms with E-state index in [4.69, 9.17) is 4.42 Å². The zero-order valence-corrected chi connectivity index (χ0v) is 48.4. The first kappa shape index (κ1) is 50.4. The zero-order valence-electron chi connectivity index (χ0n) is 48.4. The Kier molecular flexibility index (Phi) is 11.3. The molecule has 1 atom stereocenters. The van der Waals surface area contributed by atoms with Gasteiger partial charge in [-0.05, 0) is 162 Å². The van der Waals surface area contributed by atoms with Crippen LogP contribution in [0.25, 0.3) is 55.0 Å². The van der Waals surface area contributed by atoms with E-state index < -0.39 is 5.41 Å². The molecule has 13 rings (SSSR count). The molecule has 0 aliphatic heterocycles. The van der Waals surface area contributed by atoms with E-state index in [9.17, 15) is 0 Å². The van der Waals surface area contributed by atoms with Crippen LogP contribution in [0.2, 0.25) is 0 Å². The molecule has 79 heavy (non-hydrogen) atoms. The summed E-state index contributed by atoms with van der Waals surface area (Å²) in [5, 5.41) is 4.55. The third-order valence-corrected chi connectivity index (χ3v) is 17.4. The summed E-state index contributed by atoms with van der Waals surface area (Å²) in [4.78, 5) is 5.02. The van der Waals surface area contributed by atoms with E-state index >= 15 is 0 Å². The molecular formula is C76H72N2O. The van der Waals surface area contributed by atoms with E-state index in [0.29, 0.717) is 0 Å². The highest BCUT2D eigenvalue weighted by atomic mass is 16.3. The van der Waals surface area contributed by atoms with Crippen LogP contribution < -0.4 is 9.80 Å². The van der Waals surface area contributed by atoms with E-state index in [1.165, 1.54) is 77.5 Å². The van der Waals surface area contributed by atoms with Gasteiger partial charge in [-0.3, -0.25) is 0 Å². The van der Waals surface area contributed by atoms with Crippen LogP contribution in [0.5, 0.6) is 0 Å². The van der Waals surface area contributed by atoms with Gasteiger partial charge in [0.1, 0.15) is 11.2 Å². The molecule has 1 unspecified atom stereocenters. The van der Waals surface area contributed by atoms with Crippen LogP contribution in [-0.4, -0.2) is 0 Å². The van der Waals surface area contributed by atoms with Gasteiger partial charge in [-0.1, -0.05) is 222 Å². The van der Waals surface area contributed by atoms with Gasteiger partial charge in [0.15, 0.2) is 0 Å². The summed E-state index contributed by atoms with van der Waals surface area (Å²) in [5.74, 6) is 0. The second kappa shape index (κ2) is 17.7. The van der Waals surface area contributed by atoms with Gasteiger partial charge in [0.05, 0.1) is 22.2 Å². The molecule has 11 aromatic rings. The minimum atomic E-state index is -0.751. The highest BCUT2D eigenvalue weighted by Gasteiger charge is 2.54. The van der Waals surface area contributed by atoms with Gasteiger partial charge >= 0.3 is 0 Å². The maximum absolute atomic E-state index is 7.55. The maximum Gasteiger partial charge on any atom is 0.145 e. The summed E-state index contributed by atoms with van der Waals surface area (Å²) >= 11 is 0. The Morgan fingerprint density at radius 2 is 0.747 bits per heavy atom. The van der Waals surface area contributed by atoms with E-state index in [1.807, 2.05) is 0 Å². The smallest absolute Gasteiger partial charge is 0.145 e. The minimum absolute atomic E-state index is 0.000292. The molecule has 1 spiro atoms. The quantitative estimate of drug-likeness (QED) is 0.165. The molecule has 0 N–H and O–H groups in total. The zero-order chi connectivity index (χ0) is 55.1. The highest BCUT2D eigenvalue weighted by Crippen LogP contribution is 2.67.